The lowest BCUT2D eigenvalue weighted by Gasteiger charge is -2.21. The average Bonchev–Trinajstić information content (AvgIpc) is 3.45. The number of hydrogen-bond donors (Lipinski definition) is 3. The van der Waals surface area contributed by atoms with Gasteiger partial charge in [-0.2, -0.15) is 0 Å². The molecule has 0 rings (SSSR count). The molecule has 0 saturated heterocycles. The fraction of sp³-hybridized carbons (Fsp3) is 0.937. The van der Waals surface area contributed by atoms with E-state index in [2.05, 4.69) is 34.6 Å². The van der Waals surface area contributed by atoms with Gasteiger partial charge in [0.1, 0.15) is 19.3 Å². The fourth-order valence-corrected chi connectivity index (χ4v) is 11.0. The Kier molecular flexibility index (Phi) is 55.5. The zero-order valence-corrected chi connectivity index (χ0v) is 54.4. The zero-order chi connectivity index (χ0) is 60.6. The molecule has 0 aromatic rings. The number of unbranched alkanes of at least 4 members (excludes halogenated alkanes) is 35. The average molecular weight is 1210 g/mol. The number of phosphoric ester groups is 2. The summed E-state index contributed by atoms with van der Waals surface area (Å²) < 4.78 is 67.9. The van der Waals surface area contributed by atoms with Gasteiger partial charge in [-0.25, -0.2) is 9.13 Å². The normalized spacial score (nSPS) is 14.3. The lowest BCUT2D eigenvalue weighted by Crippen LogP contribution is -2.30. The van der Waals surface area contributed by atoms with Crippen LogP contribution in [0.2, 0.25) is 0 Å². The second kappa shape index (κ2) is 56.8. The predicted molar refractivity (Wildman–Crippen MR) is 326 cm³/mol. The van der Waals surface area contributed by atoms with Crippen LogP contribution >= 0.6 is 15.6 Å². The molecule has 0 aliphatic carbocycles. The number of hydrogen-bond acceptors (Lipinski definition) is 15. The molecule has 0 aromatic heterocycles. The van der Waals surface area contributed by atoms with Crippen LogP contribution in [-0.4, -0.2) is 96.7 Å². The molecule has 0 bridgehead atoms. The minimum atomic E-state index is -4.94. The van der Waals surface area contributed by atoms with Crippen molar-refractivity contribution in [2.75, 3.05) is 39.6 Å². The molecule has 0 heterocycles. The smallest absolute Gasteiger partial charge is 0.462 e. The standard InChI is InChI=1S/C63H122O17P2/c1-6-9-12-15-18-21-23-24-28-32-37-42-47-61(66)74-53-59(80-63(68)49-44-39-34-29-25-26-30-35-40-45-56(4)5)55-78-82(71,72)76-51-57(64)50-75-81(69,70)77-54-58(52-73-60(65)46-41-36-31-20-17-14-11-8-3)79-62(67)48-43-38-33-27-22-19-16-13-10-7-2/h56-59,64H,6-55H2,1-5H3,(H,69,70)(H,71,72)/t57-,58+,59+/m0/s1. The zero-order valence-electron chi connectivity index (χ0n) is 52.6. The van der Waals surface area contributed by atoms with Crippen LogP contribution in [0.25, 0.3) is 0 Å². The van der Waals surface area contributed by atoms with Gasteiger partial charge in [0, 0.05) is 25.7 Å². The Morgan fingerprint density at radius 2 is 0.561 bits per heavy atom. The van der Waals surface area contributed by atoms with Crippen molar-refractivity contribution in [1.29, 1.82) is 0 Å². The molecule has 82 heavy (non-hydrogen) atoms. The van der Waals surface area contributed by atoms with Gasteiger partial charge in [-0.05, 0) is 31.6 Å². The summed E-state index contributed by atoms with van der Waals surface area (Å²) in [6.45, 7) is 7.13. The van der Waals surface area contributed by atoms with Crippen LogP contribution in [0.3, 0.4) is 0 Å². The summed E-state index contributed by atoms with van der Waals surface area (Å²) in [6.07, 6.45) is 40.3. The quantitative estimate of drug-likeness (QED) is 0.0222. The molecule has 0 amide bonds. The van der Waals surface area contributed by atoms with Gasteiger partial charge >= 0.3 is 39.5 Å². The van der Waals surface area contributed by atoms with Crippen molar-refractivity contribution in [3.05, 3.63) is 0 Å². The first-order valence-electron chi connectivity index (χ1n) is 33.1. The van der Waals surface area contributed by atoms with E-state index in [-0.39, 0.29) is 25.7 Å². The van der Waals surface area contributed by atoms with Crippen molar-refractivity contribution >= 4 is 39.5 Å². The SMILES string of the molecule is CCCCCCCCCCCCCCC(=O)OC[C@H](COP(=O)(O)OC[C@@H](O)COP(=O)(O)OC[C@@H](COC(=O)CCCCCCCCCC)OC(=O)CCCCCCCCCCCC)OC(=O)CCCCCCCCCCCC(C)C. The second-order valence-corrected chi connectivity index (χ2v) is 26.2. The number of phosphoric acid groups is 2. The second-order valence-electron chi connectivity index (χ2n) is 23.3. The van der Waals surface area contributed by atoms with Crippen LogP contribution in [0.5, 0.6) is 0 Å². The summed E-state index contributed by atoms with van der Waals surface area (Å²) in [5.41, 5.74) is 0. The van der Waals surface area contributed by atoms with Crippen LogP contribution in [0.4, 0.5) is 0 Å². The Morgan fingerprint density at radius 3 is 0.829 bits per heavy atom. The molecular formula is C63H122O17P2. The van der Waals surface area contributed by atoms with E-state index in [1.54, 1.807) is 0 Å². The molecule has 0 spiro atoms. The third-order valence-corrected chi connectivity index (χ3v) is 16.4. The first-order valence-corrected chi connectivity index (χ1v) is 36.1. The Bertz CT molecular complexity index is 1600. The Balaban J connectivity index is 5.23. The van der Waals surface area contributed by atoms with Crippen molar-refractivity contribution < 1.29 is 80.2 Å². The van der Waals surface area contributed by atoms with Gasteiger partial charge in [-0.1, -0.05) is 266 Å². The summed E-state index contributed by atoms with van der Waals surface area (Å²) in [7, 11) is -9.88. The van der Waals surface area contributed by atoms with E-state index in [1.165, 1.54) is 135 Å². The van der Waals surface area contributed by atoms with E-state index >= 15 is 0 Å². The van der Waals surface area contributed by atoms with E-state index in [9.17, 15) is 43.2 Å². The number of rotatable bonds is 63. The van der Waals surface area contributed by atoms with Gasteiger partial charge in [0.25, 0.3) is 0 Å². The number of esters is 4. The number of carbonyl (C=O) groups excluding carboxylic acids is 4. The highest BCUT2D eigenvalue weighted by Gasteiger charge is 2.30. The maximum absolute atomic E-state index is 13.0. The molecule has 0 radical (unpaired) electrons. The molecule has 0 aromatic carbocycles. The molecule has 19 heteroatoms. The van der Waals surface area contributed by atoms with Crippen LogP contribution in [-0.2, 0) is 65.4 Å². The first-order chi connectivity index (χ1) is 39.5. The van der Waals surface area contributed by atoms with Crippen LogP contribution in [0, 0.1) is 5.92 Å². The van der Waals surface area contributed by atoms with Crippen LogP contribution < -0.4 is 0 Å². The minimum absolute atomic E-state index is 0.106. The Labute approximate surface area is 498 Å². The molecule has 0 fully saturated rings. The highest BCUT2D eigenvalue weighted by molar-refractivity contribution is 7.47. The van der Waals surface area contributed by atoms with Crippen molar-refractivity contribution in [2.45, 2.75) is 335 Å². The van der Waals surface area contributed by atoms with Gasteiger partial charge in [-0.15, -0.1) is 0 Å². The van der Waals surface area contributed by atoms with Gasteiger partial charge in [0.2, 0.25) is 0 Å². The molecule has 0 saturated carbocycles. The molecule has 5 atom stereocenters. The largest absolute Gasteiger partial charge is 0.472 e. The lowest BCUT2D eigenvalue weighted by molar-refractivity contribution is -0.161. The Morgan fingerprint density at radius 1 is 0.329 bits per heavy atom. The molecule has 0 aliphatic heterocycles. The third kappa shape index (κ3) is 57.2. The van der Waals surface area contributed by atoms with Gasteiger partial charge in [0.15, 0.2) is 12.2 Å². The summed E-state index contributed by atoms with van der Waals surface area (Å²) in [6, 6.07) is 0. The molecule has 3 N–H and O–H groups in total. The van der Waals surface area contributed by atoms with Gasteiger partial charge in [0.05, 0.1) is 26.4 Å². The Hall–Kier alpha value is -1.94. The van der Waals surface area contributed by atoms with Crippen molar-refractivity contribution in [1.82, 2.24) is 0 Å². The maximum Gasteiger partial charge on any atom is 0.472 e. The minimum Gasteiger partial charge on any atom is -0.462 e. The van der Waals surface area contributed by atoms with E-state index in [4.69, 9.17) is 37.0 Å². The summed E-state index contributed by atoms with van der Waals surface area (Å²) in [5.74, 6) is -1.40. The van der Waals surface area contributed by atoms with E-state index < -0.39 is 97.5 Å². The van der Waals surface area contributed by atoms with Gasteiger partial charge in [-0.3, -0.25) is 37.3 Å². The lowest BCUT2D eigenvalue weighted by atomic mass is 10.0. The van der Waals surface area contributed by atoms with Crippen LogP contribution in [0.1, 0.15) is 317 Å². The third-order valence-electron chi connectivity index (χ3n) is 14.5. The molecule has 486 valence electrons. The summed E-state index contributed by atoms with van der Waals surface area (Å²) >= 11 is 0. The maximum atomic E-state index is 13.0. The number of carbonyl (C=O) groups is 4. The van der Waals surface area contributed by atoms with E-state index in [0.717, 1.165) is 102 Å². The predicted octanol–water partition coefficient (Wildman–Crippen LogP) is 17.4. The fourth-order valence-electron chi connectivity index (χ4n) is 9.41. The highest BCUT2D eigenvalue weighted by atomic mass is 31.2. The van der Waals surface area contributed by atoms with Crippen LogP contribution in [0.15, 0.2) is 0 Å². The number of aliphatic hydroxyl groups is 1. The number of ether oxygens (including phenoxy) is 4. The first kappa shape index (κ1) is 80.1. The van der Waals surface area contributed by atoms with Crippen molar-refractivity contribution in [3.63, 3.8) is 0 Å². The molecular weight excluding hydrogens is 1090 g/mol. The molecule has 0 aliphatic rings. The summed E-state index contributed by atoms with van der Waals surface area (Å²) in [5, 5.41) is 10.5. The highest BCUT2D eigenvalue weighted by Crippen LogP contribution is 2.45. The molecule has 17 nitrogen and oxygen atoms in total. The topological polar surface area (TPSA) is 237 Å². The summed E-state index contributed by atoms with van der Waals surface area (Å²) in [4.78, 5) is 72.1. The monoisotopic (exact) mass is 1210 g/mol. The van der Waals surface area contributed by atoms with Crippen molar-refractivity contribution in [2.24, 2.45) is 5.92 Å². The number of aliphatic hydroxyl groups excluding tert-OH is 1. The van der Waals surface area contributed by atoms with E-state index in [1.807, 2.05) is 0 Å². The van der Waals surface area contributed by atoms with Crippen molar-refractivity contribution in [3.8, 4) is 0 Å². The van der Waals surface area contributed by atoms with Gasteiger partial charge < -0.3 is 33.8 Å². The van der Waals surface area contributed by atoms with E-state index in [0.29, 0.717) is 25.7 Å². The molecule has 2 unspecified atom stereocenters.